The average Bonchev–Trinajstić information content (AvgIpc) is 3.18. The third-order valence-electron chi connectivity index (χ3n) is 5.83. The number of rotatable bonds is 8. The number of halogens is 1. The van der Waals surface area contributed by atoms with E-state index in [9.17, 15) is 14.4 Å². The second-order valence-corrected chi connectivity index (χ2v) is 8.33. The highest BCUT2D eigenvalue weighted by Crippen LogP contribution is 2.44. The number of ether oxygens (including phenoxy) is 2. The van der Waals surface area contributed by atoms with Gasteiger partial charge in [-0.15, -0.1) is 0 Å². The number of hydrogen-bond acceptors (Lipinski definition) is 5. The molecule has 9 heteroatoms. The van der Waals surface area contributed by atoms with Crippen LogP contribution in [-0.4, -0.2) is 49.4 Å². The summed E-state index contributed by atoms with van der Waals surface area (Å²) in [5, 5.41) is 14.2. The topological polar surface area (TPSA) is 114 Å². The van der Waals surface area contributed by atoms with Crippen LogP contribution in [-0.2, 0) is 14.3 Å². The molecule has 0 saturated carbocycles. The molecule has 1 aliphatic rings. The number of carboxylic acids is 1. The van der Waals surface area contributed by atoms with Crippen LogP contribution in [0.3, 0.4) is 0 Å². The SMILES string of the molecule is COC(CNC(=O)OCC1c2ccccc2-c2ccccc21)C(=O)Nc1ccc(C(=O)O)cc1Cl. The Kier molecular flexibility index (Phi) is 7.33. The maximum Gasteiger partial charge on any atom is 0.407 e. The molecular formula is C26H23ClN2O6. The largest absolute Gasteiger partial charge is 0.478 e. The van der Waals surface area contributed by atoms with Gasteiger partial charge in [0.1, 0.15) is 6.61 Å². The molecule has 4 rings (SSSR count). The first-order valence-electron chi connectivity index (χ1n) is 10.8. The molecule has 3 N–H and O–H groups in total. The highest BCUT2D eigenvalue weighted by Gasteiger charge is 2.29. The maximum absolute atomic E-state index is 12.6. The fourth-order valence-corrected chi connectivity index (χ4v) is 4.30. The first-order chi connectivity index (χ1) is 16.9. The van der Waals surface area contributed by atoms with Gasteiger partial charge in [-0.1, -0.05) is 60.1 Å². The summed E-state index contributed by atoms with van der Waals surface area (Å²) in [6, 6.07) is 20.0. The predicted octanol–water partition coefficient (Wildman–Crippen LogP) is 4.53. The van der Waals surface area contributed by atoms with Gasteiger partial charge in [-0.3, -0.25) is 4.79 Å². The van der Waals surface area contributed by atoms with E-state index in [1.807, 2.05) is 36.4 Å². The number of amides is 2. The molecule has 2 amide bonds. The average molecular weight is 495 g/mol. The third-order valence-corrected chi connectivity index (χ3v) is 6.14. The highest BCUT2D eigenvalue weighted by atomic mass is 35.5. The molecule has 3 aromatic carbocycles. The van der Waals surface area contributed by atoms with Gasteiger partial charge in [0.15, 0.2) is 6.10 Å². The Morgan fingerprint density at radius 3 is 2.20 bits per heavy atom. The minimum Gasteiger partial charge on any atom is -0.478 e. The van der Waals surface area contributed by atoms with Crippen molar-refractivity contribution in [3.63, 3.8) is 0 Å². The van der Waals surface area contributed by atoms with Crippen LogP contribution in [0.5, 0.6) is 0 Å². The minimum atomic E-state index is -1.13. The van der Waals surface area contributed by atoms with Crippen molar-refractivity contribution in [2.75, 3.05) is 25.6 Å². The van der Waals surface area contributed by atoms with Crippen molar-refractivity contribution in [1.82, 2.24) is 5.32 Å². The third kappa shape index (κ3) is 5.29. The zero-order valence-corrected chi connectivity index (χ0v) is 19.5. The number of carbonyl (C=O) groups excluding carboxylic acids is 2. The van der Waals surface area contributed by atoms with Gasteiger partial charge in [-0.05, 0) is 40.5 Å². The van der Waals surface area contributed by atoms with E-state index in [2.05, 4.69) is 22.8 Å². The molecular weight excluding hydrogens is 472 g/mol. The summed E-state index contributed by atoms with van der Waals surface area (Å²) in [5.41, 5.74) is 4.67. The summed E-state index contributed by atoms with van der Waals surface area (Å²) in [7, 11) is 1.33. The normalized spacial score (nSPS) is 12.9. The summed E-state index contributed by atoms with van der Waals surface area (Å²) in [6.45, 7) is 0.0130. The van der Waals surface area contributed by atoms with Crippen molar-refractivity contribution in [3.8, 4) is 11.1 Å². The van der Waals surface area contributed by atoms with Crippen LogP contribution in [0.15, 0.2) is 66.7 Å². The van der Waals surface area contributed by atoms with E-state index in [1.54, 1.807) is 0 Å². The first kappa shape index (κ1) is 24.3. The Labute approximate surface area is 206 Å². The van der Waals surface area contributed by atoms with Crippen LogP contribution in [0.1, 0.15) is 27.4 Å². The number of methoxy groups -OCH3 is 1. The molecule has 0 fully saturated rings. The summed E-state index contributed by atoms with van der Waals surface area (Å²) < 4.78 is 10.7. The van der Waals surface area contributed by atoms with E-state index in [0.717, 1.165) is 22.3 Å². The summed E-state index contributed by atoms with van der Waals surface area (Å²) in [5.74, 6) is -1.77. The molecule has 0 saturated heterocycles. The Morgan fingerprint density at radius 1 is 1.00 bits per heavy atom. The lowest BCUT2D eigenvalue weighted by atomic mass is 9.98. The van der Waals surface area contributed by atoms with Crippen molar-refractivity contribution >= 4 is 35.3 Å². The molecule has 35 heavy (non-hydrogen) atoms. The predicted molar refractivity (Wildman–Crippen MR) is 131 cm³/mol. The first-order valence-corrected chi connectivity index (χ1v) is 11.2. The van der Waals surface area contributed by atoms with Gasteiger partial charge in [0.25, 0.3) is 5.91 Å². The fraction of sp³-hybridized carbons (Fsp3) is 0.192. The second kappa shape index (κ2) is 10.6. The van der Waals surface area contributed by atoms with Crippen LogP contribution in [0.25, 0.3) is 11.1 Å². The molecule has 0 aliphatic heterocycles. The zero-order chi connectivity index (χ0) is 24.9. The van der Waals surface area contributed by atoms with Gasteiger partial charge < -0.3 is 25.2 Å². The molecule has 0 aromatic heterocycles. The van der Waals surface area contributed by atoms with E-state index in [-0.39, 0.29) is 35.3 Å². The second-order valence-electron chi connectivity index (χ2n) is 7.92. The zero-order valence-electron chi connectivity index (χ0n) is 18.8. The number of fused-ring (bicyclic) bond motifs is 3. The van der Waals surface area contributed by atoms with Gasteiger partial charge in [-0.2, -0.15) is 0 Å². The highest BCUT2D eigenvalue weighted by molar-refractivity contribution is 6.34. The van der Waals surface area contributed by atoms with E-state index in [4.69, 9.17) is 26.2 Å². The lowest BCUT2D eigenvalue weighted by Gasteiger charge is -2.18. The van der Waals surface area contributed by atoms with Crippen molar-refractivity contribution in [2.45, 2.75) is 12.0 Å². The molecule has 1 aliphatic carbocycles. The van der Waals surface area contributed by atoms with Gasteiger partial charge in [0.05, 0.1) is 22.8 Å². The van der Waals surface area contributed by atoms with Crippen LogP contribution >= 0.6 is 11.6 Å². The maximum atomic E-state index is 12.6. The molecule has 8 nitrogen and oxygen atoms in total. The van der Waals surface area contributed by atoms with Crippen LogP contribution in [0.4, 0.5) is 10.5 Å². The molecule has 3 aromatic rings. The molecule has 180 valence electrons. The van der Waals surface area contributed by atoms with Crippen molar-refractivity contribution < 1.29 is 29.0 Å². The van der Waals surface area contributed by atoms with Gasteiger partial charge in [0.2, 0.25) is 0 Å². The molecule has 0 radical (unpaired) electrons. The van der Waals surface area contributed by atoms with E-state index in [1.165, 1.54) is 25.3 Å². The standard InChI is InChI=1S/C26H23ClN2O6/c1-34-23(24(30)29-22-11-10-15(25(31)32)12-21(22)27)13-28-26(33)35-14-20-18-8-4-2-6-16(18)17-7-3-5-9-19(17)20/h2-12,20,23H,13-14H2,1H3,(H,28,33)(H,29,30)(H,31,32). The molecule has 0 heterocycles. The van der Waals surface area contributed by atoms with E-state index >= 15 is 0 Å². The van der Waals surface area contributed by atoms with E-state index in [0.29, 0.717) is 0 Å². The molecule has 1 atom stereocenters. The van der Waals surface area contributed by atoms with Gasteiger partial charge in [0, 0.05) is 13.0 Å². The summed E-state index contributed by atoms with van der Waals surface area (Å²) in [6.07, 6.45) is -1.70. The molecule has 1 unspecified atom stereocenters. The summed E-state index contributed by atoms with van der Waals surface area (Å²) >= 11 is 6.06. The number of benzene rings is 3. The number of carbonyl (C=O) groups is 3. The Morgan fingerprint density at radius 2 is 1.63 bits per heavy atom. The van der Waals surface area contributed by atoms with Crippen molar-refractivity contribution in [3.05, 3.63) is 88.4 Å². The van der Waals surface area contributed by atoms with E-state index < -0.39 is 24.1 Å². The Balaban J connectivity index is 1.33. The van der Waals surface area contributed by atoms with Crippen LogP contribution in [0, 0.1) is 0 Å². The lowest BCUT2D eigenvalue weighted by Crippen LogP contribution is -2.41. The number of carboxylic acid groups (broad SMARTS) is 1. The van der Waals surface area contributed by atoms with Crippen LogP contribution < -0.4 is 10.6 Å². The minimum absolute atomic E-state index is 0.00628. The smallest absolute Gasteiger partial charge is 0.407 e. The summed E-state index contributed by atoms with van der Waals surface area (Å²) in [4.78, 5) is 36.0. The van der Waals surface area contributed by atoms with Gasteiger partial charge in [-0.25, -0.2) is 9.59 Å². The van der Waals surface area contributed by atoms with Crippen LogP contribution in [0.2, 0.25) is 5.02 Å². The molecule has 0 bridgehead atoms. The number of anilines is 1. The Hall–Kier alpha value is -3.88. The Bertz CT molecular complexity index is 1230. The quantitative estimate of drug-likeness (QED) is 0.424. The number of aromatic carboxylic acids is 1. The number of alkyl carbamates (subject to hydrolysis) is 1. The van der Waals surface area contributed by atoms with Crippen molar-refractivity contribution in [2.24, 2.45) is 0 Å². The molecule has 0 spiro atoms. The van der Waals surface area contributed by atoms with Gasteiger partial charge >= 0.3 is 12.1 Å². The monoisotopic (exact) mass is 494 g/mol. The number of hydrogen-bond donors (Lipinski definition) is 3. The van der Waals surface area contributed by atoms with Crippen molar-refractivity contribution in [1.29, 1.82) is 0 Å². The fourth-order valence-electron chi connectivity index (χ4n) is 4.07. The number of nitrogens with one attached hydrogen (secondary N) is 2. The lowest BCUT2D eigenvalue weighted by molar-refractivity contribution is -0.125.